The van der Waals surface area contributed by atoms with E-state index in [2.05, 4.69) is 16.9 Å². The molecule has 220 valence electrons. The molecule has 0 aliphatic carbocycles. The fraction of sp³-hybridized carbons (Fsp3) is 0.344. The van der Waals surface area contributed by atoms with E-state index in [0.717, 1.165) is 10.5 Å². The van der Waals surface area contributed by atoms with E-state index < -0.39 is 40.6 Å². The molecule has 1 aliphatic heterocycles. The first kappa shape index (κ1) is 30.2. The van der Waals surface area contributed by atoms with E-state index in [1.807, 2.05) is 36.4 Å². The maximum absolute atomic E-state index is 14.1. The zero-order valence-corrected chi connectivity index (χ0v) is 24.3. The largest absolute Gasteiger partial charge is 0.460 e. The van der Waals surface area contributed by atoms with Gasteiger partial charge in [-0.25, -0.2) is 9.78 Å². The molecule has 10 heteroatoms. The minimum absolute atomic E-state index is 0.00306. The predicted octanol–water partition coefficient (Wildman–Crippen LogP) is 5.15. The lowest BCUT2D eigenvalue weighted by Gasteiger charge is -2.26. The molecule has 1 N–H and O–H groups in total. The van der Waals surface area contributed by atoms with Gasteiger partial charge in [0.2, 0.25) is 5.91 Å². The number of hydrogen-bond acceptors (Lipinski definition) is 7. The second-order valence-corrected chi connectivity index (χ2v) is 11.5. The molecule has 2 atom stereocenters. The summed E-state index contributed by atoms with van der Waals surface area (Å²) in [4.78, 5) is 59.4. The summed E-state index contributed by atoms with van der Waals surface area (Å²) in [5, 5.41) is 2.85. The van der Waals surface area contributed by atoms with Gasteiger partial charge in [-0.3, -0.25) is 23.9 Å². The van der Waals surface area contributed by atoms with Crippen molar-refractivity contribution in [1.29, 1.82) is 0 Å². The molecule has 3 aromatic rings. The zero-order valence-electron chi connectivity index (χ0n) is 24.3. The third-order valence-corrected chi connectivity index (χ3v) is 6.80. The van der Waals surface area contributed by atoms with Crippen LogP contribution in [0.4, 0.5) is 16.2 Å². The summed E-state index contributed by atoms with van der Waals surface area (Å²) in [5.74, 6) is -0.665. The fourth-order valence-corrected chi connectivity index (χ4v) is 4.99. The van der Waals surface area contributed by atoms with Crippen molar-refractivity contribution in [3.05, 3.63) is 101 Å². The zero-order chi connectivity index (χ0) is 30.5. The van der Waals surface area contributed by atoms with Crippen LogP contribution in [0.5, 0.6) is 0 Å². The average molecular weight is 573 g/mol. The van der Waals surface area contributed by atoms with Gasteiger partial charge in [0.15, 0.2) is 0 Å². The van der Waals surface area contributed by atoms with Gasteiger partial charge in [0.1, 0.15) is 29.8 Å². The number of hydrogen-bond donors (Lipinski definition) is 1. The van der Waals surface area contributed by atoms with E-state index in [0.29, 0.717) is 5.69 Å². The van der Waals surface area contributed by atoms with Crippen LogP contribution < -0.4 is 15.8 Å². The van der Waals surface area contributed by atoms with Crippen LogP contribution in [0.25, 0.3) is 0 Å². The number of carbonyl (C=O) groups is 3. The second-order valence-electron chi connectivity index (χ2n) is 11.5. The van der Waals surface area contributed by atoms with E-state index in [1.54, 1.807) is 52.0 Å². The molecule has 4 rings (SSSR count). The van der Waals surface area contributed by atoms with Crippen molar-refractivity contribution in [2.45, 2.75) is 64.2 Å². The Morgan fingerprint density at radius 1 is 1.12 bits per heavy atom. The highest BCUT2D eigenvalue weighted by Gasteiger charge is 2.48. The molecule has 2 heterocycles. The minimum atomic E-state index is -1.00. The van der Waals surface area contributed by atoms with Crippen LogP contribution in [0.1, 0.15) is 58.0 Å². The van der Waals surface area contributed by atoms with Crippen molar-refractivity contribution < 1.29 is 23.9 Å². The number of esters is 1. The Hall–Kier alpha value is -4.73. The number of fused-ring (bicyclic) bond motifs is 1. The van der Waals surface area contributed by atoms with Crippen molar-refractivity contribution in [1.82, 2.24) is 9.55 Å². The first-order chi connectivity index (χ1) is 19.9. The quantitative estimate of drug-likeness (QED) is 0.278. The number of rotatable bonds is 9. The number of benzene rings is 2. The summed E-state index contributed by atoms with van der Waals surface area (Å²) >= 11 is 0. The number of nitrogens with zero attached hydrogens (tertiary/aromatic N) is 3. The lowest BCUT2D eigenvalue weighted by Crippen LogP contribution is -2.40. The van der Waals surface area contributed by atoms with Gasteiger partial charge in [-0.15, -0.1) is 6.58 Å². The molecular formula is C32H36N4O6. The predicted molar refractivity (Wildman–Crippen MR) is 159 cm³/mol. The summed E-state index contributed by atoms with van der Waals surface area (Å²) in [6.07, 6.45) is 2.01. The molecule has 1 aliphatic rings. The Morgan fingerprint density at radius 3 is 2.38 bits per heavy atom. The maximum atomic E-state index is 14.1. The molecule has 42 heavy (non-hydrogen) atoms. The van der Waals surface area contributed by atoms with E-state index in [9.17, 15) is 19.2 Å². The summed E-state index contributed by atoms with van der Waals surface area (Å²) in [7, 11) is 0. The molecule has 2 unspecified atom stereocenters. The number of ether oxygens (including phenoxy) is 2. The highest BCUT2D eigenvalue weighted by Crippen LogP contribution is 2.43. The highest BCUT2D eigenvalue weighted by atomic mass is 16.6. The van der Waals surface area contributed by atoms with E-state index in [-0.39, 0.29) is 37.5 Å². The topological polar surface area (TPSA) is 120 Å². The average Bonchev–Trinajstić information content (AvgIpc) is 3.23. The van der Waals surface area contributed by atoms with Gasteiger partial charge in [-0.1, -0.05) is 61.5 Å². The third kappa shape index (κ3) is 6.94. The summed E-state index contributed by atoms with van der Waals surface area (Å²) in [6, 6.07) is 17.0. The lowest BCUT2D eigenvalue weighted by atomic mass is 9.82. The summed E-state index contributed by atoms with van der Waals surface area (Å²) < 4.78 is 12.3. The SMILES string of the molecule is C=CCN(C(=O)OCc1ccccc1)c1cnc2n(c1=O)C(C(=O)Nc1ccccc1)CC2(C)CC(=O)OC(C)(C)C. The molecule has 0 fully saturated rings. The first-order valence-electron chi connectivity index (χ1n) is 13.7. The molecule has 0 radical (unpaired) electrons. The van der Waals surface area contributed by atoms with Gasteiger partial charge in [-0.2, -0.15) is 0 Å². The third-order valence-electron chi connectivity index (χ3n) is 6.80. The Labute approximate surface area is 245 Å². The van der Waals surface area contributed by atoms with Gasteiger partial charge in [-0.05, 0) is 44.9 Å². The van der Waals surface area contributed by atoms with Crippen molar-refractivity contribution in [3.63, 3.8) is 0 Å². The van der Waals surface area contributed by atoms with Crippen LogP contribution in [-0.2, 0) is 31.1 Å². The molecule has 0 spiro atoms. The van der Waals surface area contributed by atoms with Gasteiger partial charge < -0.3 is 14.8 Å². The lowest BCUT2D eigenvalue weighted by molar-refractivity contribution is -0.156. The Morgan fingerprint density at radius 2 is 1.76 bits per heavy atom. The molecule has 10 nitrogen and oxygen atoms in total. The smallest absolute Gasteiger partial charge is 0.415 e. The van der Waals surface area contributed by atoms with Crippen LogP contribution in [0.15, 0.2) is 84.3 Å². The number of carbonyl (C=O) groups excluding carboxylic acids is 3. The Balaban J connectivity index is 1.72. The van der Waals surface area contributed by atoms with Gasteiger partial charge in [0.25, 0.3) is 5.56 Å². The number of anilines is 2. The highest BCUT2D eigenvalue weighted by molar-refractivity contribution is 5.94. The molecule has 0 saturated carbocycles. The van der Waals surface area contributed by atoms with Crippen LogP contribution in [0.2, 0.25) is 0 Å². The van der Waals surface area contributed by atoms with Gasteiger partial charge in [0, 0.05) is 17.6 Å². The maximum Gasteiger partial charge on any atom is 0.415 e. The van der Waals surface area contributed by atoms with E-state index in [1.165, 1.54) is 16.8 Å². The van der Waals surface area contributed by atoms with Crippen molar-refractivity contribution in [2.75, 3.05) is 16.8 Å². The Bertz CT molecular complexity index is 1510. The number of aromatic nitrogens is 2. The normalized spacial score (nSPS) is 17.6. The van der Waals surface area contributed by atoms with Crippen molar-refractivity contribution in [2.24, 2.45) is 0 Å². The van der Waals surface area contributed by atoms with Gasteiger partial charge in [0.05, 0.1) is 12.6 Å². The Kier molecular flexibility index (Phi) is 8.94. The number of amides is 2. The number of nitrogens with one attached hydrogen (secondary N) is 1. The van der Waals surface area contributed by atoms with Crippen LogP contribution in [-0.4, -0.2) is 39.7 Å². The molecular weight excluding hydrogens is 536 g/mol. The van der Waals surface area contributed by atoms with Crippen molar-refractivity contribution >= 4 is 29.3 Å². The van der Waals surface area contributed by atoms with Crippen LogP contribution in [0.3, 0.4) is 0 Å². The fourth-order valence-electron chi connectivity index (χ4n) is 4.99. The monoisotopic (exact) mass is 572 g/mol. The molecule has 2 aromatic carbocycles. The molecule has 1 aromatic heterocycles. The molecule has 0 bridgehead atoms. The van der Waals surface area contributed by atoms with Crippen LogP contribution in [0, 0.1) is 0 Å². The van der Waals surface area contributed by atoms with Crippen LogP contribution >= 0.6 is 0 Å². The van der Waals surface area contributed by atoms with Crippen molar-refractivity contribution in [3.8, 4) is 0 Å². The standard InChI is InChI=1S/C32H36N4O6/c1-6-17-35(30(40)41-21-22-13-9-7-10-14-22)25-20-33-29-32(5,19-26(37)42-31(2,3)4)18-24(36(29)28(25)39)27(38)34-23-15-11-8-12-16-23/h6-16,20,24H,1,17-19,21H2,2-5H3,(H,34,38). The molecule has 0 saturated heterocycles. The van der Waals surface area contributed by atoms with Gasteiger partial charge >= 0.3 is 12.1 Å². The second kappa shape index (κ2) is 12.4. The first-order valence-corrected chi connectivity index (χ1v) is 13.7. The van der Waals surface area contributed by atoms with E-state index >= 15 is 0 Å². The number of para-hydroxylation sites is 1. The van der Waals surface area contributed by atoms with E-state index in [4.69, 9.17) is 9.47 Å². The summed E-state index contributed by atoms with van der Waals surface area (Å²) in [5.41, 5.74) is -1.05. The minimum Gasteiger partial charge on any atom is -0.460 e. The molecule has 2 amide bonds. The summed E-state index contributed by atoms with van der Waals surface area (Å²) in [6.45, 7) is 10.8.